The van der Waals surface area contributed by atoms with Crippen molar-refractivity contribution in [3.05, 3.63) is 36.5 Å². The van der Waals surface area contributed by atoms with Crippen molar-refractivity contribution in [1.29, 1.82) is 0 Å². The second-order valence-electron chi connectivity index (χ2n) is 3.31. The Morgan fingerprint density at radius 1 is 1.25 bits per heavy atom. The third-order valence-electron chi connectivity index (χ3n) is 1.93. The summed E-state index contributed by atoms with van der Waals surface area (Å²) in [6, 6.07) is 9.28. The monoisotopic (exact) mass is 238 g/mol. The lowest BCUT2D eigenvalue weighted by molar-refractivity contribution is 0.436. The van der Waals surface area contributed by atoms with Crippen molar-refractivity contribution >= 4 is 15.9 Å². The number of hydrogen-bond acceptors (Lipinski definition) is 4. The number of nitrogens with zero attached hydrogens (tertiary/aromatic N) is 1. The molecule has 84 valence electrons. The maximum atomic E-state index is 11.1. The lowest BCUT2D eigenvalue weighted by atomic mass is 10.1. The quantitative estimate of drug-likeness (QED) is 0.883. The summed E-state index contributed by atoms with van der Waals surface area (Å²) in [6.07, 6.45) is 2.53. The Bertz CT molecular complexity index is 575. The Morgan fingerprint density at radius 3 is 2.56 bits per heavy atom. The van der Waals surface area contributed by atoms with Gasteiger partial charge in [-0.25, -0.2) is 8.42 Å². The molecule has 0 bridgehead atoms. The molecule has 1 N–H and O–H groups in total. The van der Waals surface area contributed by atoms with Gasteiger partial charge in [-0.3, -0.25) is 4.72 Å². The van der Waals surface area contributed by atoms with Crippen molar-refractivity contribution < 1.29 is 12.9 Å². The van der Waals surface area contributed by atoms with E-state index in [0.29, 0.717) is 5.56 Å². The molecule has 1 aromatic heterocycles. The highest BCUT2D eigenvalue weighted by Crippen LogP contribution is 2.27. The van der Waals surface area contributed by atoms with Crippen LogP contribution in [-0.4, -0.2) is 19.8 Å². The first-order chi connectivity index (χ1) is 7.56. The van der Waals surface area contributed by atoms with Gasteiger partial charge >= 0.3 is 0 Å². The summed E-state index contributed by atoms with van der Waals surface area (Å²) < 4.78 is 29.3. The highest BCUT2D eigenvalue weighted by Gasteiger charge is 2.13. The molecule has 6 heteroatoms. The molecule has 0 saturated carbocycles. The van der Waals surface area contributed by atoms with Crippen molar-refractivity contribution in [2.75, 3.05) is 11.0 Å². The first kappa shape index (κ1) is 10.7. The van der Waals surface area contributed by atoms with Crippen molar-refractivity contribution in [2.24, 2.45) is 0 Å². The highest BCUT2D eigenvalue weighted by molar-refractivity contribution is 7.92. The molecule has 0 aliphatic rings. The predicted octanol–water partition coefficient (Wildman–Crippen LogP) is 1.71. The topological polar surface area (TPSA) is 72.2 Å². The normalized spacial score (nSPS) is 11.3. The summed E-state index contributed by atoms with van der Waals surface area (Å²) in [6.45, 7) is 0. The molecule has 0 radical (unpaired) electrons. The van der Waals surface area contributed by atoms with Gasteiger partial charge in [0.1, 0.15) is 0 Å². The van der Waals surface area contributed by atoms with Crippen LogP contribution in [0.2, 0.25) is 0 Å². The number of nitrogens with one attached hydrogen (secondary N) is 1. The molecule has 0 spiro atoms. The molecular weight excluding hydrogens is 228 g/mol. The maximum Gasteiger partial charge on any atom is 0.245 e. The van der Waals surface area contributed by atoms with Gasteiger partial charge in [0.15, 0.2) is 0 Å². The first-order valence-electron chi connectivity index (χ1n) is 4.54. The van der Waals surface area contributed by atoms with Gasteiger partial charge in [-0.05, 0) is 5.56 Å². The zero-order valence-corrected chi connectivity index (χ0v) is 9.36. The van der Waals surface area contributed by atoms with Crippen LogP contribution in [0.1, 0.15) is 0 Å². The zero-order valence-electron chi connectivity index (χ0n) is 8.54. The minimum absolute atomic E-state index is 0.133. The van der Waals surface area contributed by atoms with Crippen LogP contribution < -0.4 is 4.72 Å². The van der Waals surface area contributed by atoms with Gasteiger partial charge < -0.3 is 4.52 Å². The predicted molar refractivity (Wildman–Crippen MR) is 60.4 cm³/mol. The molecule has 5 nitrogen and oxygen atoms in total. The van der Waals surface area contributed by atoms with E-state index >= 15 is 0 Å². The van der Waals surface area contributed by atoms with E-state index in [1.165, 1.54) is 6.20 Å². The van der Waals surface area contributed by atoms with Crippen LogP contribution in [0.15, 0.2) is 41.1 Å². The van der Waals surface area contributed by atoms with Gasteiger partial charge in [0.05, 0.1) is 18.0 Å². The molecule has 16 heavy (non-hydrogen) atoms. The third-order valence-corrected chi connectivity index (χ3v) is 2.49. The molecule has 2 aromatic rings. The van der Waals surface area contributed by atoms with Gasteiger partial charge in [0.25, 0.3) is 0 Å². The number of anilines is 1. The van der Waals surface area contributed by atoms with Gasteiger partial charge in [0.2, 0.25) is 15.9 Å². The van der Waals surface area contributed by atoms with E-state index in [2.05, 4.69) is 9.88 Å². The Balaban J connectivity index is 2.41. The van der Waals surface area contributed by atoms with Crippen molar-refractivity contribution in [3.8, 4) is 11.1 Å². The Kier molecular flexibility index (Phi) is 2.66. The minimum atomic E-state index is -3.36. The molecule has 0 aliphatic heterocycles. The van der Waals surface area contributed by atoms with Gasteiger partial charge in [-0.15, -0.1) is 0 Å². The third kappa shape index (κ3) is 2.40. The summed E-state index contributed by atoms with van der Waals surface area (Å²) in [5.74, 6) is 0.133. The number of benzene rings is 1. The van der Waals surface area contributed by atoms with Gasteiger partial charge in [-0.1, -0.05) is 35.5 Å². The standard InChI is InChI=1S/C10H10N2O3S/c1-16(13,14)12-10-9(7-11-15-10)8-5-3-2-4-6-8/h2-7,12H,1H3. The fourth-order valence-electron chi connectivity index (χ4n) is 1.30. The molecule has 0 atom stereocenters. The average molecular weight is 238 g/mol. The number of aromatic nitrogens is 1. The van der Waals surface area contributed by atoms with E-state index in [4.69, 9.17) is 4.52 Å². The second-order valence-corrected chi connectivity index (χ2v) is 5.06. The summed E-state index contributed by atoms with van der Waals surface area (Å²) >= 11 is 0. The smallest absolute Gasteiger partial charge is 0.245 e. The molecule has 0 unspecified atom stereocenters. The van der Waals surface area contributed by atoms with Crippen LogP contribution >= 0.6 is 0 Å². The number of rotatable bonds is 3. The Hall–Kier alpha value is -1.82. The van der Waals surface area contributed by atoms with Crippen molar-refractivity contribution in [1.82, 2.24) is 5.16 Å². The second kappa shape index (κ2) is 3.97. The van der Waals surface area contributed by atoms with Crippen molar-refractivity contribution in [2.45, 2.75) is 0 Å². The van der Waals surface area contributed by atoms with E-state index in [1.54, 1.807) is 0 Å². The van der Waals surface area contributed by atoms with Crippen LogP contribution in [0.3, 0.4) is 0 Å². The molecule has 0 saturated heterocycles. The van der Waals surface area contributed by atoms with Crippen LogP contribution in [0, 0.1) is 0 Å². The summed E-state index contributed by atoms with van der Waals surface area (Å²) in [4.78, 5) is 0. The molecule has 0 aliphatic carbocycles. The lowest BCUT2D eigenvalue weighted by Crippen LogP contribution is -2.09. The van der Waals surface area contributed by atoms with E-state index in [1.807, 2.05) is 30.3 Å². The van der Waals surface area contributed by atoms with Gasteiger partial charge in [0, 0.05) is 0 Å². The van der Waals surface area contributed by atoms with Gasteiger partial charge in [-0.2, -0.15) is 0 Å². The fraction of sp³-hybridized carbons (Fsp3) is 0.100. The van der Waals surface area contributed by atoms with E-state index < -0.39 is 10.0 Å². The summed E-state index contributed by atoms with van der Waals surface area (Å²) in [5.41, 5.74) is 1.46. The van der Waals surface area contributed by atoms with E-state index in [9.17, 15) is 8.42 Å². The molecule has 1 heterocycles. The number of sulfonamides is 1. The largest absolute Gasteiger partial charge is 0.337 e. The maximum absolute atomic E-state index is 11.1. The minimum Gasteiger partial charge on any atom is -0.337 e. The van der Waals surface area contributed by atoms with Crippen LogP contribution in [0.25, 0.3) is 11.1 Å². The Morgan fingerprint density at radius 2 is 1.94 bits per heavy atom. The highest BCUT2D eigenvalue weighted by atomic mass is 32.2. The molecular formula is C10H10N2O3S. The Labute approximate surface area is 93.1 Å². The average Bonchev–Trinajstić information content (AvgIpc) is 2.64. The molecule has 1 aromatic carbocycles. The summed E-state index contributed by atoms with van der Waals surface area (Å²) in [5, 5.41) is 3.58. The van der Waals surface area contributed by atoms with Crippen molar-refractivity contribution in [3.63, 3.8) is 0 Å². The first-order valence-corrected chi connectivity index (χ1v) is 6.43. The molecule has 0 amide bonds. The molecule has 0 fully saturated rings. The SMILES string of the molecule is CS(=O)(=O)Nc1oncc1-c1ccccc1. The fourth-order valence-corrected chi connectivity index (χ4v) is 1.79. The van der Waals surface area contributed by atoms with E-state index in [0.717, 1.165) is 11.8 Å². The van der Waals surface area contributed by atoms with E-state index in [-0.39, 0.29) is 5.88 Å². The van der Waals surface area contributed by atoms with Crippen LogP contribution in [0.5, 0.6) is 0 Å². The van der Waals surface area contributed by atoms with Crippen LogP contribution in [-0.2, 0) is 10.0 Å². The summed E-state index contributed by atoms with van der Waals surface area (Å²) in [7, 11) is -3.36. The van der Waals surface area contributed by atoms with Crippen LogP contribution in [0.4, 0.5) is 5.88 Å². The molecule has 2 rings (SSSR count). The number of hydrogen-bond donors (Lipinski definition) is 1. The zero-order chi connectivity index (χ0) is 11.6. The lowest BCUT2D eigenvalue weighted by Gasteiger charge is -2.01.